The Hall–Kier alpha value is -1.11. The van der Waals surface area contributed by atoms with E-state index in [1.54, 1.807) is 0 Å². The summed E-state index contributed by atoms with van der Waals surface area (Å²) in [5.74, 6) is -0.628. The van der Waals surface area contributed by atoms with Crippen LogP contribution in [0.3, 0.4) is 0 Å². The molecule has 0 amide bonds. The third kappa shape index (κ3) is 3.75. The molecule has 1 aromatic heterocycles. The number of hydrogen-bond donors (Lipinski definition) is 1. The van der Waals surface area contributed by atoms with E-state index in [0.29, 0.717) is 5.92 Å². The van der Waals surface area contributed by atoms with Crippen molar-refractivity contribution in [1.29, 1.82) is 0 Å². The van der Waals surface area contributed by atoms with E-state index in [4.69, 9.17) is 5.73 Å². The van der Waals surface area contributed by atoms with E-state index in [9.17, 15) is 13.2 Å². The Morgan fingerprint density at radius 3 is 2.14 bits per heavy atom. The number of alkyl halides is 3. The molecule has 1 atom stereocenters. The number of hydrogen-bond acceptors (Lipinski definition) is 4. The standard InChI is InChI=1S/C14H22F3N3O/c1-13(2,3)9-6-4-8(5-7-9)10(18)11-19-12(21-20-11)14(15,16)17/h8-10H,4-7,18H2,1-3H3. The summed E-state index contributed by atoms with van der Waals surface area (Å²) in [4.78, 5) is 3.40. The van der Waals surface area contributed by atoms with Crippen LogP contribution >= 0.6 is 0 Å². The molecule has 21 heavy (non-hydrogen) atoms. The second kappa shape index (κ2) is 5.59. The summed E-state index contributed by atoms with van der Waals surface area (Å²) in [6, 6.07) is -0.592. The number of rotatable bonds is 2. The molecular formula is C14H22F3N3O. The van der Waals surface area contributed by atoms with E-state index >= 15 is 0 Å². The van der Waals surface area contributed by atoms with Crippen molar-refractivity contribution in [2.45, 2.75) is 58.7 Å². The highest BCUT2D eigenvalue weighted by Gasteiger charge is 2.40. The maximum absolute atomic E-state index is 12.5. The van der Waals surface area contributed by atoms with E-state index in [1.165, 1.54) is 0 Å². The second-order valence-electron chi connectivity index (χ2n) is 6.96. The molecule has 1 unspecified atom stereocenters. The molecule has 1 fully saturated rings. The molecule has 1 heterocycles. The van der Waals surface area contributed by atoms with Crippen molar-refractivity contribution in [2.24, 2.45) is 23.0 Å². The minimum Gasteiger partial charge on any atom is -0.329 e. The smallest absolute Gasteiger partial charge is 0.329 e. The maximum Gasteiger partial charge on any atom is 0.471 e. The van der Waals surface area contributed by atoms with Crippen molar-refractivity contribution in [1.82, 2.24) is 10.1 Å². The summed E-state index contributed by atoms with van der Waals surface area (Å²) in [7, 11) is 0. The molecule has 0 bridgehead atoms. The summed E-state index contributed by atoms with van der Waals surface area (Å²) in [5, 5.41) is 3.39. The zero-order valence-corrected chi connectivity index (χ0v) is 12.6. The lowest BCUT2D eigenvalue weighted by atomic mass is 9.68. The average molecular weight is 305 g/mol. The van der Waals surface area contributed by atoms with Crippen molar-refractivity contribution in [3.63, 3.8) is 0 Å². The third-order valence-electron chi connectivity index (χ3n) is 4.49. The summed E-state index contributed by atoms with van der Waals surface area (Å²) in [6.07, 6.45) is -0.773. The van der Waals surface area contributed by atoms with Gasteiger partial charge in [-0.05, 0) is 42.9 Å². The van der Waals surface area contributed by atoms with Crippen LogP contribution in [0.1, 0.15) is 64.2 Å². The van der Waals surface area contributed by atoms with Gasteiger partial charge in [-0.3, -0.25) is 0 Å². The molecule has 0 spiro atoms. The first-order chi connectivity index (χ1) is 9.59. The molecule has 0 aromatic carbocycles. The second-order valence-corrected chi connectivity index (χ2v) is 6.96. The van der Waals surface area contributed by atoms with E-state index in [2.05, 4.69) is 35.4 Å². The summed E-state index contributed by atoms with van der Waals surface area (Å²) in [6.45, 7) is 6.64. The molecule has 2 N–H and O–H groups in total. The Morgan fingerprint density at radius 1 is 1.14 bits per heavy atom. The van der Waals surface area contributed by atoms with Gasteiger partial charge >= 0.3 is 12.1 Å². The highest BCUT2D eigenvalue weighted by Crippen LogP contribution is 2.42. The highest BCUT2D eigenvalue weighted by molar-refractivity contribution is 4.99. The Balaban J connectivity index is 1.99. The topological polar surface area (TPSA) is 64.9 Å². The van der Waals surface area contributed by atoms with Crippen LogP contribution in [0.25, 0.3) is 0 Å². The number of nitrogens with two attached hydrogens (primary N) is 1. The zero-order chi connectivity index (χ0) is 15.8. The van der Waals surface area contributed by atoms with Gasteiger partial charge in [0.1, 0.15) is 0 Å². The zero-order valence-electron chi connectivity index (χ0n) is 12.6. The van der Waals surface area contributed by atoms with Crippen molar-refractivity contribution in [3.05, 3.63) is 11.7 Å². The van der Waals surface area contributed by atoms with E-state index in [0.717, 1.165) is 25.7 Å². The first kappa shape index (κ1) is 16.3. The molecule has 1 aliphatic rings. The molecule has 2 rings (SSSR count). The van der Waals surface area contributed by atoms with Crippen LogP contribution in [-0.4, -0.2) is 10.1 Å². The number of halogens is 3. The first-order valence-corrected chi connectivity index (χ1v) is 7.25. The van der Waals surface area contributed by atoms with Crippen molar-refractivity contribution < 1.29 is 17.7 Å². The summed E-state index contributed by atoms with van der Waals surface area (Å²) < 4.78 is 41.6. The molecule has 4 nitrogen and oxygen atoms in total. The lowest BCUT2D eigenvalue weighted by Crippen LogP contribution is -2.31. The number of nitrogens with zero attached hydrogens (tertiary/aromatic N) is 2. The molecule has 0 saturated heterocycles. The molecule has 0 aliphatic heterocycles. The minimum absolute atomic E-state index is 0.0402. The molecule has 1 saturated carbocycles. The SMILES string of the molecule is CC(C)(C)C1CCC(C(N)c2noc(C(F)(F)F)n2)CC1. The summed E-state index contributed by atoms with van der Waals surface area (Å²) in [5.41, 5.74) is 6.28. The fourth-order valence-electron chi connectivity index (χ4n) is 3.04. The fraction of sp³-hybridized carbons (Fsp3) is 0.857. The molecule has 7 heteroatoms. The predicted octanol–water partition coefficient (Wildman–Crippen LogP) is 3.94. The Morgan fingerprint density at radius 2 is 1.71 bits per heavy atom. The van der Waals surface area contributed by atoms with Crippen molar-refractivity contribution in [3.8, 4) is 0 Å². The lowest BCUT2D eigenvalue weighted by Gasteiger charge is -2.38. The van der Waals surface area contributed by atoms with Crippen LogP contribution < -0.4 is 5.73 Å². The van der Waals surface area contributed by atoms with Crippen molar-refractivity contribution >= 4 is 0 Å². The Kier molecular flexibility index (Phi) is 4.33. The van der Waals surface area contributed by atoms with Gasteiger partial charge in [0.2, 0.25) is 0 Å². The highest BCUT2D eigenvalue weighted by atomic mass is 19.4. The van der Waals surface area contributed by atoms with Gasteiger partial charge in [-0.25, -0.2) is 0 Å². The molecule has 1 aromatic rings. The molecule has 0 radical (unpaired) electrons. The number of aromatic nitrogens is 2. The van der Waals surface area contributed by atoms with Gasteiger partial charge in [-0.15, -0.1) is 0 Å². The molecule has 1 aliphatic carbocycles. The maximum atomic E-state index is 12.5. The predicted molar refractivity (Wildman–Crippen MR) is 71.1 cm³/mol. The normalized spacial score (nSPS) is 25.9. The van der Waals surface area contributed by atoms with Gasteiger partial charge in [-0.1, -0.05) is 25.9 Å². The van der Waals surface area contributed by atoms with Crippen LogP contribution in [0.2, 0.25) is 0 Å². The van der Waals surface area contributed by atoms with Crippen LogP contribution in [0, 0.1) is 17.3 Å². The fourth-order valence-corrected chi connectivity index (χ4v) is 3.04. The molecule has 120 valence electrons. The van der Waals surface area contributed by atoms with E-state index < -0.39 is 18.1 Å². The quantitative estimate of drug-likeness (QED) is 0.898. The third-order valence-corrected chi connectivity index (χ3v) is 4.49. The van der Waals surface area contributed by atoms with E-state index in [1.807, 2.05) is 0 Å². The largest absolute Gasteiger partial charge is 0.471 e. The minimum atomic E-state index is -4.62. The van der Waals surface area contributed by atoms with Gasteiger partial charge in [0, 0.05) is 0 Å². The van der Waals surface area contributed by atoms with Gasteiger partial charge in [0.25, 0.3) is 0 Å². The van der Waals surface area contributed by atoms with Crippen LogP contribution in [-0.2, 0) is 6.18 Å². The first-order valence-electron chi connectivity index (χ1n) is 7.25. The van der Waals surface area contributed by atoms with Gasteiger partial charge in [-0.2, -0.15) is 18.2 Å². The monoisotopic (exact) mass is 305 g/mol. The van der Waals surface area contributed by atoms with Crippen LogP contribution in [0.5, 0.6) is 0 Å². The van der Waals surface area contributed by atoms with E-state index in [-0.39, 0.29) is 17.2 Å². The lowest BCUT2D eigenvalue weighted by molar-refractivity contribution is -0.159. The Labute approximate surface area is 122 Å². The van der Waals surface area contributed by atoms with Crippen LogP contribution in [0.4, 0.5) is 13.2 Å². The average Bonchev–Trinajstić information content (AvgIpc) is 2.86. The van der Waals surface area contributed by atoms with Crippen LogP contribution in [0.15, 0.2) is 4.52 Å². The molecular weight excluding hydrogens is 283 g/mol. The summed E-state index contributed by atoms with van der Waals surface area (Å²) >= 11 is 0. The van der Waals surface area contributed by atoms with Crippen molar-refractivity contribution in [2.75, 3.05) is 0 Å². The van der Waals surface area contributed by atoms with Gasteiger partial charge < -0.3 is 10.3 Å². The van der Waals surface area contributed by atoms with Gasteiger partial charge in [0.15, 0.2) is 5.82 Å². The van der Waals surface area contributed by atoms with Gasteiger partial charge in [0.05, 0.1) is 6.04 Å². The Bertz CT molecular complexity index is 471.